The van der Waals surface area contributed by atoms with E-state index in [1.807, 2.05) is 0 Å². The fourth-order valence-corrected chi connectivity index (χ4v) is 1.61. The van der Waals surface area contributed by atoms with E-state index in [1.54, 1.807) is 0 Å². The molecule has 0 unspecified atom stereocenters. The summed E-state index contributed by atoms with van der Waals surface area (Å²) >= 11 is 0. The van der Waals surface area contributed by atoms with Gasteiger partial charge < -0.3 is 5.32 Å². The van der Waals surface area contributed by atoms with Crippen molar-refractivity contribution in [1.29, 1.82) is 0 Å². The molecule has 1 N–H and O–H groups in total. The highest BCUT2D eigenvalue weighted by atomic mass is 32.2. The summed E-state index contributed by atoms with van der Waals surface area (Å²) in [6, 6.07) is 0. The number of nitrogens with zero attached hydrogens (tertiary/aromatic N) is 2. The number of nitrogens with one attached hydrogen (secondary N) is 1. The molecule has 0 saturated carbocycles. The molecule has 0 aliphatic heterocycles. The van der Waals surface area contributed by atoms with Crippen molar-refractivity contribution in [3.05, 3.63) is 18.2 Å². The zero-order valence-corrected chi connectivity index (χ0v) is 9.09. The van der Waals surface area contributed by atoms with E-state index in [1.165, 1.54) is 6.26 Å². The molecule has 1 rings (SSSR count). The largest absolute Gasteiger partial charge is 0.354 e. The minimum absolute atomic E-state index is 0.112. The van der Waals surface area contributed by atoms with Crippen molar-refractivity contribution in [3.8, 4) is 0 Å². The Bertz CT molecular complexity index is 404. The lowest BCUT2D eigenvalue weighted by atomic mass is 10.5. The molecule has 0 aliphatic rings. The van der Waals surface area contributed by atoms with E-state index in [9.17, 15) is 12.8 Å². The lowest BCUT2D eigenvalue weighted by Gasteiger charge is -2.02. The van der Waals surface area contributed by atoms with Crippen LogP contribution in [0.25, 0.3) is 0 Å². The monoisotopic (exact) mass is 233 g/mol. The Kier molecular flexibility index (Phi) is 3.96. The van der Waals surface area contributed by atoms with Crippen LogP contribution in [0.4, 0.5) is 10.3 Å². The third-order valence-electron chi connectivity index (χ3n) is 1.60. The van der Waals surface area contributed by atoms with Gasteiger partial charge in [-0.3, -0.25) is 0 Å². The van der Waals surface area contributed by atoms with Gasteiger partial charge in [0.1, 0.15) is 9.84 Å². The Morgan fingerprint density at radius 1 is 1.40 bits per heavy atom. The third-order valence-corrected chi connectivity index (χ3v) is 2.63. The highest BCUT2D eigenvalue weighted by molar-refractivity contribution is 7.90. The first-order chi connectivity index (χ1) is 6.97. The first kappa shape index (κ1) is 11.8. The highest BCUT2D eigenvalue weighted by Crippen LogP contribution is 1.98. The Hall–Kier alpha value is -1.24. The molecule has 0 saturated heterocycles. The summed E-state index contributed by atoms with van der Waals surface area (Å²) in [6.45, 7) is 0.443. The molecule has 0 aromatic carbocycles. The molecule has 0 aliphatic carbocycles. The Labute approximate surface area is 87.7 Å². The van der Waals surface area contributed by atoms with Crippen LogP contribution in [-0.2, 0) is 9.84 Å². The van der Waals surface area contributed by atoms with E-state index in [-0.39, 0.29) is 5.75 Å². The van der Waals surface area contributed by atoms with E-state index in [4.69, 9.17) is 0 Å². The summed E-state index contributed by atoms with van der Waals surface area (Å²) in [7, 11) is -2.93. The van der Waals surface area contributed by atoms with Crippen LogP contribution in [0.2, 0.25) is 0 Å². The predicted octanol–water partition coefficient (Wildman–Crippen LogP) is 0.462. The van der Waals surface area contributed by atoms with Gasteiger partial charge in [0.05, 0.1) is 18.1 Å². The van der Waals surface area contributed by atoms with Crippen molar-refractivity contribution in [2.45, 2.75) is 6.42 Å². The molecule has 1 aromatic rings. The molecule has 7 heteroatoms. The van der Waals surface area contributed by atoms with Crippen molar-refractivity contribution < 1.29 is 12.8 Å². The summed E-state index contributed by atoms with van der Waals surface area (Å²) in [5, 5.41) is 2.79. The predicted molar refractivity (Wildman–Crippen MR) is 54.8 cm³/mol. The Morgan fingerprint density at radius 2 is 2.00 bits per heavy atom. The first-order valence-electron chi connectivity index (χ1n) is 4.36. The zero-order chi connectivity index (χ0) is 11.3. The standard InChI is InChI=1S/C8H12FN3O2S/c1-15(13,14)4-2-3-10-8-11-5-7(9)6-12-8/h5-6H,2-4H2,1H3,(H,10,11,12). The number of halogens is 1. The van der Waals surface area contributed by atoms with Crippen LogP contribution in [0.1, 0.15) is 6.42 Å². The van der Waals surface area contributed by atoms with Crippen LogP contribution in [0.3, 0.4) is 0 Å². The van der Waals surface area contributed by atoms with Crippen LogP contribution in [0.15, 0.2) is 12.4 Å². The number of hydrogen-bond acceptors (Lipinski definition) is 5. The second-order valence-electron chi connectivity index (χ2n) is 3.14. The third kappa shape index (κ3) is 5.26. The van der Waals surface area contributed by atoms with Crippen molar-refractivity contribution >= 4 is 15.8 Å². The lowest BCUT2D eigenvalue weighted by molar-refractivity contribution is 0.600. The van der Waals surface area contributed by atoms with E-state index >= 15 is 0 Å². The van der Waals surface area contributed by atoms with Crippen LogP contribution in [-0.4, -0.2) is 36.9 Å². The number of aromatic nitrogens is 2. The lowest BCUT2D eigenvalue weighted by Crippen LogP contribution is -2.11. The average Bonchev–Trinajstić information content (AvgIpc) is 2.14. The fraction of sp³-hybridized carbons (Fsp3) is 0.500. The Morgan fingerprint density at radius 3 is 2.53 bits per heavy atom. The van der Waals surface area contributed by atoms with Gasteiger partial charge in [0.25, 0.3) is 0 Å². The summed E-state index contributed by atoms with van der Waals surface area (Å²) in [6.07, 6.45) is 3.75. The summed E-state index contributed by atoms with van der Waals surface area (Å²) in [4.78, 5) is 7.33. The molecular weight excluding hydrogens is 221 g/mol. The first-order valence-corrected chi connectivity index (χ1v) is 6.42. The van der Waals surface area contributed by atoms with Gasteiger partial charge in [-0.1, -0.05) is 0 Å². The SMILES string of the molecule is CS(=O)(=O)CCCNc1ncc(F)cn1. The number of rotatable bonds is 5. The second kappa shape index (κ2) is 5.01. The van der Waals surface area contributed by atoms with Gasteiger partial charge >= 0.3 is 0 Å². The molecule has 1 aromatic heterocycles. The van der Waals surface area contributed by atoms with Gasteiger partial charge in [0, 0.05) is 12.8 Å². The van der Waals surface area contributed by atoms with Gasteiger partial charge in [-0.15, -0.1) is 0 Å². The minimum atomic E-state index is -2.93. The number of hydrogen-bond donors (Lipinski definition) is 1. The molecule has 0 spiro atoms. The van der Waals surface area contributed by atoms with E-state index in [0.29, 0.717) is 18.9 Å². The second-order valence-corrected chi connectivity index (χ2v) is 5.39. The minimum Gasteiger partial charge on any atom is -0.354 e. The van der Waals surface area contributed by atoms with Crippen LogP contribution in [0, 0.1) is 5.82 Å². The quantitative estimate of drug-likeness (QED) is 0.748. The number of anilines is 1. The summed E-state index contributed by atoms with van der Waals surface area (Å²) < 4.78 is 34.0. The van der Waals surface area contributed by atoms with E-state index in [0.717, 1.165) is 12.4 Å². The smallest absolute Gasteiger partial charge is 0.222 e. The molecular formula is C8H12FN3O2S. The van der Waals surface area contributed by atoms with Crippen LogP contribution >= 0.6 is 0 Å². The Balaban J connectivity index is 2.29. The zero-order valence-electron chi connectivity index (χ0n) is 8.27. The van der Waals surface area contributed by atoms with E-state index < -0.39 is 15.7 Å². The van der Waals surface area contributed by atoms with Gasteiger partial charge in [0.15, 0.2) is 5.82 Å². The van der Waals surface area contributed by atoms with Crippen molar-refractivity contribution in [2.24, 2.45) is 0 Å². The molecule has 15 heavy (non-hydrogen) atoms. The van der Waals surface area contributed by atoms with Gasteiger partial charge in [-0.25, -0.2) is 22.8 Å². The number of sulfone groups is 1. The average molecular weight is 233 g/mol. The molecule has 0 amide bonds. The molecule has 0 radical (unpaired) electrons. The molecule has 5 nitrogen and oxygen atoms in total. The summed E-state index contributed by atoms with van der Waals surface area (Å²) in [5.41, 5.74) is 0. The van der Waals surface area contributed by atoms with Crippen molar-refractivity contribution in [1.82, 2.24) is 9.97 Å². The molecule has 1 heterocycles. The molecule has 84 valence electrons. The maximum Gasteiger partial charge on any atom is 0.222 e. The summed E-state index contributed by atoms with van der Waals surface area (Å²) in [5.74, 6) is -0.0946. The molecule has 0 fully saturated rings. The normalized spacial score (nSPS) is 11.3. The van der Waals surface area contributed by atoms with Gasteiger partial charge in [-0.05, 0) is 6.42 Å². The van der Waals surface area contributed by atoms with Crippen molar-refractivity contribution in [2.75, 3.05) is 23.9 Å². The highest BCUT2D eigenvalue weighted by Gasteiger charge is 2.01. The van der Waals surface area contributed by atoms with Gasteiger partial charge in [-0.2, -0.15) is 0 Å². The maximum atomic E-state index is 12.4. The molecule has 0 atom stereocenters. The fourth-order valence-electron chi connectivity index (χ4n) is 0.938. The van der Waals surface area contributed by atoms with E-state index in [2.05, 4.69) is 15.3 Å². The molecule has 0 bridgehead atoms. The topological polar surface area (TPSA) is 72.0 Å². The van der Waals surface area contributed by atoms with Gasteiger partial charge in [0.2, 0.25) is 5.95 Å². The van der Waals surface area contributed by atoms with Crippen LogP contribution in [0.5, 0.6) is 0 Å². The maximum absolute atomic E-state index is 12.4. The van der Waals surface area contributed by atoms with Crippen LogP contribution < -0.4 is 5.32 Å². The van der Waals surface area contributed by atoms with Crippen molar-refractivity contribution in [3.63, 3.8) is 0 Å².